The minimum Gasteiger partial charge on any atom is -0.481 e. The maximum atomic E-state index is 12.0. The number of carboxylic acids is 1. The number of aliphatic carboxylic acids is 1. The number of rotatable bonds is 6. The number of anilines is 1. The summed E-state index contributed by atoms with van der Waals surface area (Å²) in [7, 11) is 0. The number of aryl methyl sites for hydroxylation is 1. The monoisotopic (exact) mass is 264 g/mol. The molecule has 0 aliphatic rings. The first kappa shape index (κ1) is 15.1. The Hall–Kier alpha value is -1.91. The molecule has 1 heterocycles. The Morgan fingerprint density at radius 2 is 2.00 bits per heavy atom. The molecule has 0 saturated carbocycles. The standard InChI is InChI=1S/C14H20N2O3/c1-4-14(5-2,13(18)19)9-12(17)16-11-6-7-15-10(3)8-11/h6-8H,4-5,9H2,1-3H3,(H,18,19)(H,15,16,17). The van der Waals surface area contributed by atoms with Crippen LogP contribution in [-0.4, -0.2) is 22.0 Å². The van der Waals surface area contributed by atoms with Gasteiger partial charge in [0.05, 0.1) is 5.41 Å². The Balaban J connectivity index is 2.76. The molecule has 0 atom stereocenters. The van der Waals surface area contributed by atoms with Crippen LogP contribution in [0, 0.1) is 12.3 Å². The topological polar surface area (TPSA) is 79.3 Å². The van der Waals surface area contributed by atoms with Crippen molar-refractivity contribution in [3.8, 4) is 0 Å². The van der Waals surface area contributed by atoms with E-state index in [1.807, 2.05) is 6.92 Å². The van der Waals surface area contributed by atoms with Crippen LogP contribution < -0.4 is 5.32 Å². The first-order valence-corrected chi connectivity index (χ1v) is 6.39. The third kappa shape index (κ3) is 3.77. The Bertz CT molecular complexity index is 468. The molecule has 1 aromatic heterocycles. The Morgan fingerprint density at radius 3 is 2.47 bits per heavy atom. The molecule has 0 fully saturated rings. The molecule has 1 rings (SSSR count). The number of amides is 1. The minimum absolute atomic E-state index is 0.0172. The summed E-state index contributed by atoms with van der Waals surface area (Å²) in [6.07, 6.45) is 2.45. The molecule has 5 heteroatoms. The molecule has 1 amide bonds. The van der Waals surface area contributed by atoms with Crippen molar-refractivity contribution in [1.82, 2.24) is 4.98 Å². The molecule has 19 heavy (non-hydrogen) atoms. The van der Waals surface area contributed by atoms with Crippen LogP contribution in [0.2, 0.25) is 0 Å². The van der Waals surface area contributed by atoms with Gasteiger partial charge in [-0.25, -0.2) is 0 Å². The van der Waals surface area contributed by atoms with Gasteiger partial charge in [0.25, 0.3) is 0 Å². The van der Waals surface area contributed by atoms with Gasteiger partial charge >= 0.3 is 5.97 Å². The van der Waals surface area contributed by atoms with Crippen molar-refractivity contribution in [2.75, 3.05) is 5.32 Å². The third-order valence-corrected chi connectivity index (χ3v) is 3.49. The van der Waals surface area contributed by atoms with E-state index in [1.54, 1.807) is 32.2 Å². The summed E-state index contributed by atoms with van der Waals surface area (Å²) in [5.74, 6) is -1.20. The highest BCUT2D eigenvalue weighted by molar-refractivity contribution is 5.94. The number of aromatic nitrogens is 1. The highest BCUT2D eigenvalue weighted by Crippen LogP contribution is 2.31. The molecule has 0 radical (unpaired) electrons. The zero-order valence-electron chi connectivity index (χ0n) is 11.6. The van der Waals surface area contributed by atoms with Crippen LogP contribution in [0.4, 0.5) is 5.69 Å². The second kappa shape index (κ2) is 6.31. The van der Waals surface area contributed by atoms with Crippen LogP contribution in [0.5, 0.6) is 0 Å². The van der Waals surface area contributed by atoms with Gasteiger partial charge in [-0.1, -0.05) is 13.8 Å². The van der Waals surface area contributed by atoms with Crippen LogP contribution in [0.15, 0.2) is 18.3 Å². The maximum Gasteiger partial charge on any atom is 0.310 e. The summed E-state index contributed by atoms with van der Waals surface area (Å²) < 4.78 is 0. The number of carboxylic acid groups (broad SMARTS) is 1. The molecule has 1 aromatic rings. The summed E-state index contributed by atoms with van der Waals surface area (Å²) in [5.41, 5.74) is 0.462. The lowest BCUT2D eigenvalue weighted by Crippen LogP contribution is -2.34. The Labute approximate surface area is 113 Å². The predicted molar refractivity (Wildman–Crippen MR) is 72.9 cm³/mol. The average Bonchev–Trinajstić information content (AvgIpc) is 2.35. The van der Waals surface area contributed by atoms with Crippen molar-refractivity contribution in [1.29, 1.82) is 0 Å². The zero-order chi connectivity index (χ0) is 14.5. The van der Waals surface area contributed by atoms with E-state index in [0.717, 1.165) is 5.69 Å². The van der Waals surface area contributed by atoms with Crippen LogP contribution in [0.25, 0.3) is 0 Å². The Morgan fingerprint density at radius 1 is 1.37 bits per heavy atom. The minimum atomic E-state index is -0.980. The summed E-state index contributed by atoms with van der Waals surface area (Å²) in [5, 5.41) is 12.0. The zero-order valence-corrected chi connectivity index (χ0v) is 11.6. The number of nitrogens with one attached hydrogen (secondary N) is 1. The number of hydrogen-bond acceptors (Lipinski definition) is 3. The van der Waals surface area contributed by atoms with Gasteiger partial charge < -0.3 is 10.4 Å². The first-order valence-electron chi connectivity index (χ1n) is 6.39. The van der Waals surface area contributed by atoms with Gasteiger partial charge in [0.15, 0.2) is 0 Å². The summed E-state index contributed by atoms with van der Waals surface area (Å²) in [6, 6.07) is 3.43. The molecule has 104 valence electrons. The van der Waals surface area contributed by atoms with Crippen molar-refractivity contribution < 1.29 is 14.7 Å². The number of pyridine rings is 1. The normalized spacial score (nSPS) is 11.1. The first-order chi connectivity index (χ1) is 8.93. The van der Waals surface area contributed by atoms with Crippen LogP contribution in [0.1, 0.15) is 38.8 Å². The molecule has 0 aliphatic heterocycles. The molecule has 0 aromatic carbocycles. The van der Waals surface area contributed by atoms with E-state index >= 15 is 0 Å². The van der Waals surface area contributed by atoms with Crippen LogP contribution in [-0.2, 0) is 9.59 Å². The Kier molecular flexibility index (Phi) is 5.03. The van der Waals surface area contributed by atoms with E-state index in [4.69, 9.17) is 0 Å². The molecule has 0 saturated heterocycles. The van der Waals surface area contributed by atoms with Gasteiger partial charge in [-0.05, 0) is 31.9 Å². The van der Waals surface area contributed by atoms with E-state index in [1.165, 1.54) is 0 Å². The fourth-order valence-electron chi connectivity index (χ4n) is 2.01. The van der Waals surface area contributed by atoms with Crippen molar-refractivity contribution >= 4 is 17.6 Å². The molecule has 0 bridgehead atoms. The summed E-state index contributed by atoms with van der Waals surface area (Å²) in [6.45, 7) is 5.41. The second-order valence-corrected chi connectivity index (χ2v) is 4.70. The molecule has 5 nitrogen and oxygen atoms in total. The molecular formula is C14H20N2O3. The third-order valence-electron chi connectivity index (χ3n) is 3.49. The molecule has 2 N–H and O–H groups in total. The molecule has 0 unspecified atom stereocenters. The number of hydrogen-bond donors (Lipinski definition) is 2. The number of carbonyl (C=O) groups is 2. The summed E-state index contributed by atoms with van der Waals surface area (Å²) in [4.78, 5) is 27.3. The smallest absolute Gasteiger partial charge is 0.310 e. The van der Waals surface area contributed by atoms with Crippen molar-refractivity contribution in [2.24, 2.45) is 5.41 Å². The SMILES string of the molecule is CCC(CC)(CC(=O)Nc1ccnc(C)c1)C(=O)O. The molecule has 0 spiro atoms. The van der Waals surface area contributed by atoms with Crippen molar-refractivity contribution in [3.63, 3.8) is 0 Å². The van der Waals surface area contributed by atoms with E-state index in [-0.39, 0.29) is 12.3 Å². The van der Waals surface area contributed by atoms with E-state index in [9.17, 15) is 14.7 Å². The van der Waals surface area contributed by atoms with Gasteiger partial charge in [0.1, 0.15) is 0 Å². The van der Waals surface area contributed by atoms with Gasteiger partial charge in [-0.3, -0.25) is 14.6 Å². The summed E-state index contributed by atoms with van der Waals surface area (Å²) >= 11 is 0. The van der Waals surface area contributed by atoms with Gasteiger partial charge in [0, 0.05) is 24.0 Å². The maximum absolute atomic E-state index is 12.0. The van der Waals surface area contributed by atoms with E-state index < -0.39 is 11.4 Å². The number of carbonyl (C=O) groups excluding carboxylic acids is 1. The number of nitrogens with zero attached hydrogens (tertiary/aromatic N) is 1. The van der Waals surface area contributed by atoms with Crippen molar-refractivity contribution in [2.45, 2.75) is 40.0 Å². The van der Waals surface area contributed by atoms with Crippen LogP contribution >= 0.6 is 0 Å². The lowest BCUT2D eigenvalue weighted by Gasteiger charge is -2.25. The average molecular weight is 264 g/mol. The van der Waals surface area contributed by atoms with Gasteiger partial charge in [-0.15, -0.1) is 0 Å². The van der Waals surface area contributed by atoms with Gasteiger partial charge in [0.2, 0.25) is 5.91 Å². The quantitative estimate of drug-likeness (QED) is 0.827. The highest BCUT2D eigenvalue weighted by atomic mass is 16.4. The van der Waals surface area contributed by atoms with Crippen molar-refractivity contribution in [3.05, 3.63) is 24.0 Å². The molecule has 0 aliphatic carbocycles. The van der Waals surface area contributed by atoms with E-state index in [2.05, 4.69) is 10.3 Å². The van der Waals surface area contributed by atoms with Gasteiger partial charge in [-0.2, -0.15) is 0 Å². The largest absolute Gasteiger partial charge is 0.481 e. The fourth-order valence-corrected chi connectivity index (χ4v) is 2.01. The highest BCUT2D eigenvalue weighted by Gasteiger charge is 2.37. The second-order valence-electron chi connectivity index (χ2n) is 4.70. The predicted octanol–water partition coefficient (Wildman–Crippen LogP) is 2.61. The van der Waals surface area contributed by atoms with Crippen LogP contribution in [0.3, 0.4) is 0 Å². The lowest BCUT2D eigenvalue weighted by molar-refractivity contribution is -0.151. The lowest BCUT2D eigenvalue weighted by atomic mass is 9.79. The van der Waals surface area contributed by atoms with E-state index in [0.29, 0.717) is 18.5 Å². The fraction of sp³-hybridized carbons (Fsp3) is 0.500. The molecular weight excluding hydrogens is 244 g/mol.